The molecule has 0 fully saturated rings. The standard InChI is InChI=1S/C34H23Br5/c35-24-9-1-20(2-10-24)31-29-18-17-28(39)19-30(29)32(21-3-11-25(36)12-4-21)34(23-7-15-27(38)16-8-23)33(31)22-5-13-26(37)14-6-22/h1,3,5-9,11,13-19H,2,4,10,12H2. The Morgan fingerprint density at radius 1 is 0.385 bits per heavy atom. The molecule has 5 heteroatoms. The Balaban J connectivity index is 1.84. The molecule has 6 rings (SSSR count). The number of hydrogen-bond acceptors (Lipinski definition) is 0. The maximum atomic E-state index is 3.81. The van der Waals surface area contributed by atoms with Gasteiger partial charge in [-0.05, 0) is 126 Å². The van der Waals surface area contributed by atoms with Gasteiger partial charge in [0.1, 0.15) is 0 Å². The molecule has 0 spiro atoms. The molecule has 4 aromatic rings. The van der Waals surface area contributed by atoms with Gasteiger partial charge in [-0.1, -0.05) is 134 Å². The molecule has 0 bridgehead atoms. The molecule has 194 valence electrons. The van der Waals surface area contributed by atoms with Crippen LogP contribution in [0.5, 0.6) is 0 Å². The average molecular weight is 831 g/mol. The van der Waals surface area contributed by atoms with Crippen molar-refractivity contribution >= 4 is 102 Å². The zero-order valence-electron chi connectivity index (χ0n) is 20.9. The highest BCUT2D eigenvalue weighted by Crippen LogP contribution is 2.51. The van der Waals surface area contributed by atoms with Crippen LogP contribution >= 0.6 is 79.6 Å². The van der Waals surface area contributed by atoms with Crippen LogP contribution in [0.1, 0.15) is 36.8 Å². The van der Waals surface area contributed by atoms with E-state index < -0.39 is 0 Å². The Kier molecular flexibility index (Phi) is 8.35. The molecule has 0 amide bonds. The van der Waals surface area contributed by atoms with Crippen molar-refractivity contribution in [1.82, 2.24) is 0 Å². The Labute approximate surface area is 271 Å². The smallest absolute Gasteiger partial charge is 0.0181 e. The molecule has 2 aliphatic carbocycles. The van der Waals surface area contributed by atoms with Crippen molar-refractivity contribution in [2.45, 2.75) is 25.7 Å². The topological polar surface area (TPSA) is 0 Å². The summed E-state index contributed by atoms with van der Waals surface area (Å²) in [5.41, 5.74) is 10.4. The molecule has 2 aliphatic rings. The highest BCUT2D eigenvalue weighted by Gasteiger charge is 2.26. The normalized spacial score (nSPS) is 15.5. The second kappa shape index (κ2) is 11.8. The summed E-state index contributed by atoms with van der Waals surface area (Å²) >= 11 is 18.6. The summed E-state index contributed by atoms with van der Waals surface area (Å²) in [5, 5.41) is 2.57. The predicted molar refractivity (Wildman–Crippen MR) is 186 cm³/mol. The van der Waals surface area contributed by atoms with Gasteiger partial charge in [-0.2, -0.15) is 0 Å². The minimum Gasteiger partial charge on any atom is -0.0576 e. The second-order valence-electron chi connectivity index (χ2n) is 9.81. The van der Waals surface area contributed by atoms with E-state index in [0.717, 1.165) is 39.1 Å². The van der Waals surface area contributed by atoms with Crippen LogP contribution in [0.2, 0.25) is 0 Å². The van der Waals surface area contributed by atoms with E-state index in [2.05, 4.69) is 171 Å². The second-order valence-corrected chi connectivity index (χ2v) is 14.6. The zero-order chi connectivity index (χ0) is 27.1. The van der Waals surface area contributed by atoms with E-state index in [4.69, 9.17) is 0 Å². The van der Waals surface area contributed by atoms with Gasteiger partial charge in [-0.3, -0.25) is 0 Å². The minimum atomic E-state index is 0.986. The average Bonchev–Trinajstić information content (AvgIpc) is 2.94. The summed E-state index contributed by atoms with van der Waals surface area (Å²) in [6.45, 7) is 0. The van der Waals surface area contributed by atoms with Gasteiger partial charge in [-0.25, -0.2) is 0 Å². The molecule has 0 aromatic heterocycles. The molecule has 0 atom stereocenters. The highest BCUT2D eigenvalue weighted by molar-refractivity contribution is 9.12. The third-order valence-electron chi connectivity index (χ3n) is 7.38. The van der Waals surface area contributed by atoms with E-state index in [-0.39, 0.29) is 0 Å². The summed E-state index contributed by atoms with van der Waals surface area (Å²) in [6, 6.07) is 24.4. The van der Waals surface area contributed by atoms with E-state index in [1.165, 1.54) is 64.3 Å². The van der Waals surface area contributed by atoms with Gasteiger partial charge in [0, 0.05) is 13.4 Å². The molecule has 4 aromatic carbocycles. The fourth-order valence-corrected chi connectivity index (χ4v) is 7.13. The van der Waals surface area contributed by atoms with Crippen molar-refractivity contribution in [3.63, 3.8) is 0 Å². The SMILES string of the molecule is BrC1=CC=C(c2c(-c3ccc(Br)cc3)c(-c3ccc(Br)cc3)c(C3=CC=C(Br)CC3)c3cc(Br)ccc23)CC1. The van der Waals surface area contributed by atoms with Crippen molar-refractivity contribution in [2.75, 3.05) is 0 Å². The summed E-state index contributed by atoms with van der Waals surface area (Å²) < 4.78 is 5.75. The largest absolute Gasteiger partial charge is 0.0576 e. The van der Waals surface area contributed by atoms with Gasteiger partial charge < -0.3 is 0 Å². The van der Waals surface area contributed by atoms with Crippen LogP contribution in [0.15, 0.2) is 113 Å². The van der Waals surface area contributed by atoms with Crippen LogP contribution in [0, 0.1) is 0 Å². The molecule has 0 aliphatic heterocycles. The summed E-state index contributed by atoms with van der Waals surface area (Å²) in [7, 11) is 0. The van der Waals surface area contributed by atoms with Crippen molar-refractivity contribution in [3.8, 4) is 22.3 Å². The summed E-state index contributed by atoms with van der Waals surface area (Å²) in [4.78, 5) is 0. The van der Waals surface area contributed by atoms with E-state index >= 15 is 0 Å². The summed E-state index contributed by atoms with van der Waals surface area (Å²) in [6.07, 6.45) is 13.0. The lowest BCUT2D eigenvalue weighted by molar-refractivity contribution is 1.04. The van der Waals surface area contributed by atoms with Crippen LogP contribution in [-0.4, -0.2) is 0 Å². The highest BCUT2D eigenvalue weighted by atomic mass is 79.9. The fraction of sp³-hybridized carbons (Fsp3) is 0.118. The lowest BCUT2D eigenvalue weighted by atomic mass is 9.76. The molecule has 0 N–H and O–H groups in total. The van der Waals surface area contributed by atoms with Crippen LogP contribution in [0.25, 0.3) is 44.2 Å². The van der Waals surface area contributed by atoms with Gasteiger partial charge in [0.2, 0.25) is 0 Å². The number of rotatable bonds is 4. The van der Waals surface area contributed by atoms with Crippen molar-refractivity contribution in [1.29, 1.82) is 0 Å². The fourth-order valence-electron chi connectivity index (χ4n) is 5.58. The Hall–Kier alpha value is -1.50. The molecule has 39 heavy (non-hydrogen) atoms. The number of hydrogen-bond donors (Lipinski definition) is 0. The lowest BCUT2D eigenvalue weighted by Crippen LogP contribution is -2.04. The van der Waals surface area contributed by atoms with Crippen molar-refractivity contribution in [3.05, 3.63) is 125 Å². The molecular formula is C34H23Br5. The van der Waals surface area contributed by atoms with Crippen molar-refractivity contribution < 1.29 is 0 Å². The maximum Gasteiger partial charge on any atom is 0.0181 e. The molecule has 0 nitrogen and oxygen atoms in total. The van der Waals surface area contributed by atoms with Gasteiger partial charge in [0.05, 0.1) is 0 Å². The first-order valence-electron chi connectivity index (χ1n) is 12.8. The third-order valence-corrected chi connectivity index (χ3v) is 10.2. The number of halogens is 5. The van der Waals surface area contributed by atoms with Gasteiger partial charge in [0.25, 0.3) is 0 Å². The Morgan fingerprint density at radius 2 is 0.821 bits per heavy atom. The van der Waals surface area contributed by atoms with E-state index in [1.807, 2.05) is 0 Å². The van der Waals surface area contributed by atoms with Crippen LogP contribution in [0.4, 0.5) is 0 Å². The number of allylic oxidation sites excluding steroid dienone is 8. The monoisotopic (exact) mass is 826 g/mol. The maximum absolute atomic E-state index is 3.81. The molecule has 0 unspecified atom stereocenters. The van der Waals surface area contributed by atoms with E-state index in [0.29, 0.717) is 0 Å². The van der Waals surface area contributed by atoms with Crippen LogP contribution < -0.4 is 0 Å². The van der Waals surface area contributed by atoms with Crippen LogP contribution in [0.3, 0.4) is 0 Å². The number of benzene rings is 4. The Morgan fingerprint density at radius 3 is 1.26 bits per heavy atom. The molecule has 0 saturated heterocycles. The van der Waals surface area contributed by atoms with E-state index in [1.54, 1.807) is 0 Å². The van der Waals surface area contributed by atoms with Crippen molar-refractivity contribution in [2.24, 2.45) is 0 Å². The van der Waals surface area contributed by atoms with Gasteiger partial charge in [-0.15, -0.1) is 0 Å². The first kappa shape index (κ1) is 27.7. The first-order chi connectivity index (χ1) is 18.9. The predicted octanol–water partition coefficient (Wildman–Crippen LogP) is 13.4. The first-order valence-corrected chi connectivity index (χ1v) is 16.8. The molecule has 0 radical (unpaired) electrons. The minimum absolute atomic E-state index is 0.986. The summed E-state index contributed by atoms with van der Waals surface area (Å²) in [5.74, 6) is 0. The molecule has 0 saturated carbocycles. The van der Waals surface area contributed by atoms with Gasteiger partial charge >= 0.3 is 0 Å². The Bertz CT molecular complexity index is 1720. The molecule has 0 heterocycles. The van der Waals surface area contributed by atoms with E-state index in [9.17, 15) is 0 Å². The van der Waals surface area contributed by atoms with Gasteiger partial charge in [0.15, 0.2) is 0 Å². The zero-order valence-corrected chi connectivity index (χ0v) is 28.8. The van der Waals surface area contributed by atoms with Crippen LogP contribution in [-0.2, 0) is 0 Å². The lowest BCUT2D eigenvalue weighted by Gasteiger charge is -2.27. The number of fused-ring (bicyclic) bond motifs is 1. The quantitative estimate of drug-likeness (QED) is 0.192. The molecular weight excluding hydrogens is 808 g/mol. The third kappa shape index (κ3) is 5.67.